The molecule has 3 rings (SSSR count). The second kappa shape index (κ2) is 10.1. The zero-order chi connectivity index (χ0) is 22.4. The summed E-state index contributed by atoms with van der Waals surface area (Å²) < 4.78 is 46.5. The first-order valence-electron chi connectivity index (χ1n) is 8.91. The summed E-state index contributed by atoms with van der Waals surface area (Å²) in [6, 6.07) is 6.71. The number of alkyl halides is 3. The summed E-state index contributed by atoms with van der Waals surface area (Å²) in [6.45, 7) is 0.816. The SMILES string of the molecule is COCCn1c(SCC(=O)Nc2ccc(Cl)cc2C(F)(F)F)nnc1-c1ccncc1. The summed E-state index contributed by atoms with van der Waals surface area (Å²) in [4.78, 5) is 16.3. The van der Waals surface area contributed by atoms with Crippen molar-refractivity contribution in [3.63, 3.8) is 0 Å². The van der Waals surface area contributed by atoms with Crippen molar-refractivity contribution in [1.29, 1.82) is 0 Å². The van der Waals surface area contributed by atoms with E-state index >= 15 is 0 Å². The molecule has 0 saturated heterocycles. The van der Waals surface area contributed by atoms with Crippen molar-refractivity contribution in [2.75, 3.05) is 24.8 Å². The van der Waals surface area contributed by atoms with Crippen molar-refractivity contribution >= 4 is 35.0 Å². The van der Waals surface area contributed by atoms with Gasteiger partial charge >= 0.3 is 6.18 Å². The third-order valence-electron chi connectivity index (χ3n) is 4.07. The van der Waals surface area contributed by atoms with Crippen LogP contribution in [0.5, 0.6) is 0 Å². The maximum absolute atomic E-state index is 13.2. The lowest BCUT2D eigenvalue weighted by atomic mass is 10.1. The van der Waals surface area contributed by atoms with E-state index in [0.29, 0.717) is 24.1 Å². The number of rotatable bonds is 8. The zero-order valence-corrected chi connectivity index (χ0v) is 17.8. The van der Waals surface area contributed by atoms with Gasteiger partial charge in [-0.15, -0.1) is 10.2 Å². The summed E-state index contributed by atoms with van der Waals surface area (Å²) >= 11 is 6.72. The molecule has 3 aromatic rings. The Balaban J connectivity index is 1.74. The molecule has 0 bridgehead atoms. The number of carbonyl (C=O) groups excluding carboxylic acids is 1. The Morgan fingerprint density at radius 3 is 2.65 bits per heavy atom. The molecule has 0 unspecified atom stereocenters. The summed E-state index contributed by atoms with van der Waals surface area (Å²) in [5, 5.41) is 10.9. The van der Waals surface area contributed by atoms with Crippen molar-refractivity contribution in [3.05, 3.63) is 53.3 Å². The summed E-state index contributed by atoms with van der Waals surface area (Å²) in [7, 11) is 1.56. The van der Waals surface area contributed by atoms with Gasteiger partial charge in [0.15, 0.2) is 11.0 Å². The maximum atomic E-state index is 13.2. The molecular weight excluding hydrogens is 455 g/mol. The van der Waals surface area contributed by atoms with Crippen molar-refractivity contribution in [2.45, 2.75) is 17.9 Å². The largest absolute Gasteiger partial charge is 0.418 e. The molecule has 2 heterocycles. The monoisotopic (exact) mass is 471 g/mol. The lowest BCUT2D eigenvalue weighted by Gasteiger charge is -2.14. The number of methoxy groups -OCH3 is 1. The van der Waals surface area contributed by atoms with E-state index in [-0.39, 0.29) is 16.5 Å². The molecule has 1 N–H and O–H groups in total. The number of aromatic nitrogens is 4. The predicted octanol–water partition coefficient (Wildman–Crippen LogP) is 4.39. The van der Waals surface area contributed by atoms with Crippen molar-refractivity contribution < 1.29 is 22.7 Å². The van der Waals surface area contributed by atoms with E-state index in [9.17, 15) is 18.0 Å². The van der Waals surface area contributed by atoms with Gasteiger partial charge in [0.25, 0.3) is 0 Å². The summed E-state index contributed by atoms with van der Waals surface area (Å²) in [5.41, 5.74) is -0.590. The molecule has 0 fully saturated rings. The Kier molecular flexibility index (Phi) is 7.52. The van der Waals surface area contributed by atoms with E-state index in [1.165, 1.54) is 6.07 Å². The Labute approximate surface area is 185 Å². The van der Waals surface area contributed by atoms with Crippen LogP contribution in [0.25, 0.3) is 11.4 Å². The van der Waals surface area contributed by atoms with Crippen LogP contribution in [-0.4, -0.2) is 45.1 Å². The lowest BCUT2D eigenvalue weighted by Crippen LogP contribution is -2.18. The van der Waals surface area contributed by atoms with Crippen molar-refractivity contribution in [3.8, 4) is 11.4 Å². The molecule has 1 amide bonds. The van der Waals surface area contributed by atoms with Gasteiger partial charge in [0.05, 0.1) is 30.2 Å². The molecule has 7 nitrogen and oxygen atoms in total. The number of benzene rings is 1. The Hall–Kier alpha value is -2.63. The number of nitrogens with zero attached hydrogens (tertiary/aromatic N) is 4. The molecule has 0 spiro atoms. The third-order valence-corrected chi connectivity index (χ3v) is 5.27. The van der Waals surface area contributed by atoms with Crippen LogP contribution in [0.1, 0.15) is 5.56 Å². The zero-order valence-electron chi connectivity index (χ0n) is 16.2. The van der Waals surface area contributed by atoms with Gasteiger partial charge in [0, 0.05) is 30.1 Å². The number of nitrogens with one attached hydrogen (secondary N) is 1. The fourth-order valence-corrected chi connectivity index (χ4v) is 3.61. The maximum Gasteiger partial charge on any atom is 0.418 e. The molecule has 0 radical (unpaired) electrons. The highest BCUT2D eigenvalue weighted by molar-refractivity contribution is 7.99. The fraction of sp³-hybridized carbons (Fsp3) is 0.263. The van der Waals surface area contributed by atoms with Crippen LogP contribution in [-0.2, 0) is 22.3 Å². The minimum Gasteiger partial charge on any atom is -0.383 e. The molecule has 0 saturated carbocycles. The van der Waals surface area contributed by atoms with Crippen molar-refractivity contribution in [1.82, 2.24) is 19.7 Å². The number of amides is 1. The van der Waals surface area contributed by atoms with Crippen LogP contribution < -0.4 is 5.32 Å². The van der Waals surface area contributed by atoms with Gasteiger partial charge in [-0.05, 0) is 30.3 Å². The molecule has 12 heteroatoms. The van der Waals surface area contributed by atoms with Gasteiger partial charge in [-0.25, -0.2) is 0 Å². The number of anilines is 1. The normalized spacial score (nSPS) is 11.5. The van der Waals surface area contributed by atoms with E-state index in [4.69, 9.17) is 16.3 Å². The number of carbonyl (C=O) groups is 1. The molecule has 0 aliphatic heterocycles. The number of hydrogen-bond donors (Lipinski definition) is 1. The molecule has 0 aliphatic rings. The fourth-order valence-electron chi connectivity index (χ4n) is 2.67. The topological polar surface area (TPSA) is 81.9 Å². The van der Waals surface area contributed by atoms with Crippen LogP contribution in [0.15, 0.2) is 47.9 Å². The van der Waals surface area contributed by atoms with Crippen LogP contribution in [0.3, 0.4) is 0 Å². The Morgan fingerprint density at radius 2 is 1.97 bits per heavy atom. The second-order valence-electron chi connectivity index (χ2n) is 6.21. The number of pyridine rings is 1. The lowest BCUT2D eigenvalue weighted by molar-refractivity contribution is -0.137. The smallest absolute Gasteiger partial charge is 0.383 e. The Bertz CT molecular complexity index is 1050. The van der Waals surface area contributed by atoms with Gasteiger partial charge in [-0.1, -0.05) is 23.4 Å². The highest BCUT2D eigenvalue weighted by atomic mass is 35.5. The van der Waals surface area contributed by atoms with Crippen molar-refractivity contribution in [2.24, 2.45) is 0 Å². The average Bonchev–Trinajstić information content (AvgIpc) is 3.14. The predicted molar refractivity (Wildman–Crippen MR) is 111 cm³/mol. The second-order valence-corrected chi connectivity index (χ2v) is 7.59. The number of halogens is 4. The van der Waals surface area contributed by atoms with E-state index in [1.807, 2.05) is 0 Å². The highest BCUT2D eigenvalue weighted by Crippen LogP contribution is 2.36. The molecular formula is C19H17ClF3N5O2S. The van der Waals surface area contributed by atoms with Gasteiger partial charge in [-0.3, -0.25) is 14.3 Å². The molecule has 0 aliphatic carbocycles. The first-order valence-corrected chi connectivity index (χ1v) is 10.3. The molecule has 0 atom stereocenters. The molecule has 164 valence electrons. The third kappa shape index (κ3) is 5.96. The van der Waals surface area contributed by atoms with Gasteiger partial charge in [0.1, 0.15) is 0 Å². The number of thioether (sulfide) groups is 1. The minimum absolute atomic E-state index is 0.0745. The first-order chi connectivity index (χ1) is 14.8. The quantitative estimate of drug-likeness (QED) is 0.491. The Morgan fingerprint density at radius 1 is 1.23 bits per heavy atom. The van der Waals surface area contributed by atoms with Crippen LogP contribution in [0.2, 0.25) is 5.02 Å². The van der Waals surface area contributed by atoms with E-state index in [1.54, 1.807) is 36.2 Å². The van der Waals surface area contributed by atoms with Gasteiger partial charge < -0.3 is 10.1 Å². The van der Waals surface area contributed by atoms with Gasteiger partial charge in [-0.2, -0.15) is 13.2 Å². The number of ether oxygens (including phenoxy) is 1. The number of hydrogen-bond acceptors (Lipinski definition) is 6. The van der Waals surface area contributed by atoms with Crippen LogP contribution in [0, 0.1) is 0 Å². The molecule has 1 aromatic carbocycles. The van der Waals surface area contributed by atoms with E-state index in [0.717, 1.165) is 29.5 Å². The van der Waals surface area contributed by atoms with E-state index in [2.05, 4.69) is 20.5 Å². The van der Waals surface area contributed by atoms with Crippen LogP contribution in [0.4, 0.5) is 18.9 Å². The standard InChI is InChI=1S/C19H17ClF3N5O2S/c1-30-9-8-28-17(12-4-6-24-7-5-12)26-27-18(28)31-11-16(29)25-15-3-2-13(20)10-14(15)19(21,22)23/h2-7,10H,8-9,11H2,1H3,(H,25,29). The summed E-state index contributed by atoms with van der Waals surface area (Å²) in [6.07, 6.45) is -1.41. The first kappa shape index (κ1) is 23.0. The average molecular weight is 472 g/mol. The summed E-state index contributed by atoms with van der Waals surface area (Å²) in [5.74, 6) is -0.217. The van der Waals surface area contributed by atoms with E-state index < -0.39 is 17.6 Å². The molecule has 31 heavy (non-hydrogen) atoms. The van der Waals surface area contributed by atoms with Crippen LogP contribution >= 0.6 is 23.4 Å². The molecule has 2 aromatic heterocycles. The highest BCUT2D eigenvalue weighted by Gasteiger charge is 2.34. The van der Waals surface area contributed by atoms with Gasteiger partial charge in [0.2, 0.25) is 5.91 Å². The minimum atomic E-state index is -4.65.